The highest BCUT2D eigenvalue weighted by Gasteiger charge is 2.14. The minimum atomic E-state index is -0.610. The molecule has 0 saturated carbocycles. The van der Waals surface area contributed by atoms with Crippen molar-refractivity contribution in [3.05, 3.63) is 114 Å². The highest BCUT2D eigenvalue weighted by molar-refractivity contribution is 5.97. The van der Waals surface area contributed by atoms with Crippen LogP contribution in [-0.2, 0) is 22.4 Å². The molecule has 2 N–H and O–H groups in total. The number of fused-ring (bicyclic) bond motifs is 1. The van der Waals surface area contributed by atoms with Gasteiger partial charge in [-0.15, -0.1) is 0 Å². The Labute approximate surface area is 192 Å². The van der Waals surface area contributed by atoms with Gasteiger partial charge in [-0.05, 0) is 52.6 Å². The number of carbonyl (C=O) groups excluding carboxylic acids is 3. The first-order valence-electron chi connectivity index (χ1n) is 10.8. The summed E-state index contributed by atoms with van der Waals surface area (Å²) in [5.41, 5.74) is 2.93. The maximum atomic E-state index is 12.5. The molecule has 2 amide bonds. The van der Waals surface area contributed by atoms with Crippen LogP contribution < -0.4 is 10.6 Å². The topological polar surface area (TPSA) is 75.3 Å². The monoisotopic (exact) mass is 436 g/mol. The van der Waals surface area contributed by atoms with Crippen molar-refractivity contribution >= 4 is 34.6 Å². The molecule has 164 valence electrons. The van der Waals surface area contributed by atoms with E-state index < -0.39 is 6.04 Å². The Morgan fingerprint density at radius 1 is 0.758 bits per heavy atom. The smallest absolute Gasteiger partial charge is 0.251 e. The van der Waals surface area contributed by atoms with Crippen LogP contribution in [0.3, 0.4) is 0 Å². The molecule has 5 heteroatoms. The predicted molar refractivity (Wildman–Crippen MR) is 130 cm³/mol. The van der Waals surface area contributed by atoms with E-state index in [1.165, 1.54) is 0 Å². The molecule has 0 heterocycles. The van der Waals surface area contributed by atoms with Crippen molar-refractivity contribution in [1.82, 2.24) is 5.32 Å². The molecule has 0 spiro atoms. The molecule has 0 radical (unpaired) electrons. The molecule has 0 aliphatic rings. The Morgan fingerprint density at radius 3 is 2.18 bits per heavy atom. The maximum Gasteiger partial charge on any atom is 0.251 e. The first-order valence-corrected chi connectivity index (χ1v) is 10.8. The van der Waals surface area contributed by atoms with Crippen LogP contribution in [0.25, 0.3) is 10.8 Å². The number of nitrogens with one attached hydrogen (secondary N) is 2. The van der Waals surface area contributed by atoms with Gasteiger partial charge < -0.3 is 15.4 Å². The predicted octanol–water partition coefficient (Wildman–Crippen LogP) is 4.56. The minimum Gasteiger partial charge on any atom is -0.342 e. The van der Waals surface area contributed by atoms with E-state index in [0.717, 1.165) is 28.2 Å². The van der Waals surface area contributed by atoms with E-state index in [-0.39, 0.29) is 18.2 Å². The lowest BCUT2D eigenvalue weighted by atomic mass is 10.0. The quantitative estimate of drug-likeness (QED) is 0.398. The summed E-state index contributed by atoms with van der Waals surface area (Å²) in [4.78, 5) is 36.4. The third kappa shape index (κ3) is 5.92. The number of rotatable bonds is 8. The molecular formula is C28H24N2O3. The SMILES string of the molecule is O=CC(Cc1ccccc1)NC(=O)c1ccc(NC(=O)Cc2ccc3ccccc3c2)cc1. The van der Waals surface area contributed by atoms with Crippen molar-refractivity contribution in [2.24, 2.45) is 0 Å². The average molecular weight is 437 g/mol. The van der Waals surface area contributed by atoms with E-state index >= 15 is 0 Å². The van der Waals surface area contributed by atoms with Gasteiger partial charge in [-0.3, -0.25) is 9.59 Å². The molecule has 0 aliphatic heterocycles. The largest absolute Gasteiger partial charge is 0.342 e. The van der Waals surface area contributed by atoms with Crippen molar-refractivity contribution in [3.63, 3.8) is 0 Å². The summed E-state index contributed by atoms with van der Waals surface area (Å²) in [6.07, 6.45) is 1.43. The second kappa shape index (κ2) is 10.4. The van der Waals surface area contributed by atoms with Crippen LogP contribution in [-0.4, -0.2) is 24.1 Å². The number of carbonyl (C=O) groups is 3. The van der Waals surface area contributed by atoms with Crippen molar-refractivity contribution < 1.29 is 14.4 Å². The summed E-state index contributed by atoms with van der Waals surface area (Å²) in [6, 6.07) is 29.5. The van der Waals surface area contributed by atoms with Gasteiger partial charge in [0.1, 0.15) is 6.29 Å². The summed E-state index contributed by atoms with van der Waals surface area (Å²) in [7, 11) is 0. The van der Waals surface area contributed by atoms with Gasteiger partial charge in [0.05, 0.1) is 12.5 Å². The lowest BCUT2D eigenvalue weighted by Gasteiger charge is -2.13. The van der Waals surface area contributed by atoms with Crippen molar-refractivity contribution in [2.45, 2.75) is 18.9 Å². The highest BCUT2D eigenvalue weighted by atomic mass is 16.2. The Balaban J connectivity index is 1.33. The summed E-state index contributed by atoms with van der Waals surface area (Å²) >= 11 is 0. The zero-order valence-electron chi connectivity index (χ0n) is 18.0. The molecule has 0 saturated heterocycles. The summed E-state index contributed by atoms with van der Waals surface area (Å²) in [5, 5.41) is 7.84. The first-order chi connectivity index (χ1) is 16.1. The van der Waals surface area contributed by atoms with Crippen molar-refractivity contribution in [3.8, 4) is 0 Å². The van der Waals surface area contributed by atoms with Crippen LogP contribution in [0, 0.1) is 0 Å². The fourth-order valence-corrected chi connectivity index (χ4v) is 3.70. The van der Waals surface area contributed by atoms with Crippen LogP contribution in [0.1, 0.15) is 21.5 Å². The van der Waals surface area contributed by atoms with E-state index in [1.54, 1.807) is 24.3 Å². The van der Waals surface area contributed by atoms with Gasteiger partial charge in [0.2, 0.25) is 5.91 Å². The van der Waals surface area contributed by atoms with Crippen LogP contribution in [0.5, 0.6) is 0 Å². The van der Waals surface area contributed by atoms with E-state index in [0.29, 0.717) is 17.7 Å². The fraction of sp³-hybridized carbons (Fsp3) is 0.107. The molecular weight excluding hydrogens is 412 g/mol. The van der Waals surface area contributed by atoms with Crippen molar-refractivity contribution in [2.75, 3.05) is 5.32 Å². The Hall–Kier alpha value is -4.25. The van der Waals surface area contributed by atoms with E-state index in [4.69, 9.17) is 0 Å². The second-order valence-corrected chi connectivity index (χ2v) is 7.89. The van der Waals surface area contributed by atoms with Crippen LogP contribution in [0.2, 0.25) is 0 Å². The Morgan fingerprint density at radius 2 is 1.45 bits per heavy atom. The molecule has 4 rings (SSSR count). The highest BCUT2D eigenvalue weighted by Crippen LogP contribution is 2.17. The Bertz CT molecular complexity index is 1270. The van der Waals surface area contributed by atoms with Gasteiger partial charge in [-0.1, -0.05) is 72.8 Å². The average Bonchev–Trinajstić information content (AvgIpc) is 2.84. The van der Waals surface area contributed by atoms with Gasteiger partial charge in [0, 0.05) is 11.3 Å². The molecule has 1 atom stereocenters. The molecule has 0 aliphatic carbocycles. The van der Waals surface area contributed by atoms with Gasteiger partial charge in [0.15, 0.2) is 0 Å². The molecule has 5 nitrogen and oxygen atoms in total. The number of benzene rings is 4. The molecule has 0 bridgehead atoms. The number of hydrogen-bond acceptors (Lipinski definition) is 3. The van der Waals surface area contributed by atoms with Crippen molar-refractivity contribution in [1.29, 1.82) is 0 Å². The first kappa shape index (κ1) is 22.0. The molecule has 4 aromatic carbocycles. The van der Waals surface area contributed by atoms with E-state index in [1.807, 2.05) is 72.8 Å². The molecule has 33 heavy (non-hydrogen) atoms. The molecule has 4 aromatic rings. The van der Waals surface area contributed by atoms with Crippen LogP contribution in [0.15, 0.2) is 97.1 Å². The number of anilines is 1. The molecule has 0 fully saturated rings. The van der Waals surface area contributed by atoms with E-state index in [9.17, 15) is 14.4 Å². The Kier molecular flexibility index (Phi) is 6.90. The second-order valence-electron chi connectivity index (χ2n) is 7.89. The standard InChI is InChI=1S/C28H24N2O3/c31-19-26(17-20-6-2-1-3-7-20)30-28(33)23-12-14-25(15-13-23)29-27(32)18-21-10-11-22-8-4-5-9-24(22)16-21/h1-16,19,26H,17-18H2,(H,29,32)(H,30,33). The zero-order valence-corrected chi connectivity index (χ0v) is 18.0. The van der Waals surface area contributed by atoms with Crippen LogP contribution in [0.4, 0.5) is 5.69 Å². The zero-order chi connectivity index (χ0) is 23.0. The lowest BCUT2D eigenvalue weighted by molar-refractivity contribution is -0.115. The van der Waals surface area contributed by atoms with Crippen LogP contribution >= 0.6 is 0 Å². The van der Waals surface area contributed by atoms with Gasteiger partial charge in [0.25, 0.3) is 5.91 Å². The fourth-order valence-electron chi connectivity index (χ4n) is 3.70. The number of hydrogen-bond donors (Lipinski definition) is 2. The number of amides is 2. The number of aldehydes is 1. The molecule has 1 unspecified atom stereocenters. The summed E-state index contributed by atoms with van der Waals surface area (Å²) < 4.78 is 0. The third-order valence-electron chi connectivity index (χ3n) is 5.39. The van der Waals surface area contributed by atoms with Gasteiger partial charge in [-0.25, -0.2) is 0 Å². The summed E-state index contributed by atoms with van der Waals surface area (Å²) in [5.74, 6) is -0.469. The van der Waals surface area contributed by atoms with Gasteiger partial charge in [-0.2, -0.15) is 0 Å². The normalized spacial score (nSPS) is 11.5. The minimum absolute atomic E-state index is 0.133. The molecule has 0 aromatic heterocycles. The lowest BCUT2D eigenvalue weighted by Crippen LogP contribution is -2.37. The van der Waals surface area contributed by atoms with Gasteiger partial charge >= 0.3 is 0 Å². The van der Waals surface area contributed by atoms with E-state index in [2.05, 4.69) is 10.6 Å². The maximum absolute atomic E-state index is 12.5. The third-order valence-corrected chi connectivity index (χ3v) is 5.39. The summed E-state index contributed by atoms with van der Waals surface area (Å²) in [6.45, 7) is 0.